The monoisotopic (exact) mass is 313 g/mol. The largest absolute Gasteiger partial charge is 0.508 e. The number of phenols is 1. The molecule has 4 rings (SSSR count). The van der Waals surface area contributed by atoms with Gasteiger partial charge in [0.15, 0.2) is 0 Å². The maximum atomic E-state index is 9.89. The molecule has 2 heteroatoms. The molecule has 0 aliphatic heterocycles. The molecular formula is C21H31NO. The summed E-state index contributed by atoms with van der Waals surface area (Å²) in [5, 5.41) is 9.89. The first-order chi connectivity index (χ1) is 10.7. The van der Waals surface area contributed by atoms with E-state index in [2.05, 4.69) is 33.8 Å². The minimum absolute atomic E-state index is 0.187. The van der Waals surface area contributed by atoms with Gasteiger partial charge in [-0.25, -0.2) is 0 Å². The lowest BCUT2D eigenvalue weighted by Crippen LogP contribution is -2.64. The van der Waals surface area contributed by atoms with Crippen molar-refractivity contribution in [2.45, 2.75) is 77.7 Å². The molecule has 0 amide bonds. The molecule has 0 saturated heterocycles. The zero-order valence-electron chi connectivity index (χ0n) is 15.1. The van der Waals surface area contributed by atoms with E-state index in [1.54, 1.807) is 0 Å². The molecule has 0 spiro atoms. The highest BCUT2D eigenvalue weighted by Gasteiger charge is 2.69. The Labute approximate surface area is 140 Å². The fraction of sp³-hybridized carbons (Fsp3) is 0.714. The third kappa shape index (κ3) is 1.54. The summed E-state index contributed by atoms with van der Waals surface area (Å²) in [6, 6.07) is 6.42. The summed E-state index contributed by atoms with van der Waals surface area (Å²) in [5.41, 5.74) is 10.5. The summed E-state index contributed by atoms with van der Waals surface area (Å²) >= 11 is 0. The second kappa shape index (κ2) is 4.33. The SMILES string of the molecule is C[C@@]12CCc3cc(O)ccc3[C@@]1(C)CC[C@]1(C)[C@H](N)CC[C@@]21C. The third-order valence-electron chi connectivity index (χ3n) is 9.19. The quantitative estimate of drug-likeness (QED) is 0.739. The Balaban J connectivity index is 1.91. The number of aromatic hydroxyl groups is 1. The number of rotatable bonds is 0. The Morgan fingerprint density at radius 3 is 2.48 bits per heavy atom. The van der Waals surface area contributed by atoms with E-state index in [9.17, 15) is 5.11 Å². The van der Waals surface area contributed by atoms with Crippen LogP contribution in [0, 0.1) is 16.2 Å². The molecule has 0 bridgehead atoms. The van der Waals surface area contributed by atoms with Crippen molar-refractivity contribution in [1.29, 1.82) is 0 Å². The van der Waals surface area contributed by atoms with Gasteiger partial charge in [0, 0.05) is 6.04 Å². The van der Waals surface area contributed by atoms with Crippen LogP contribution < -0.4 is 5.73 Å². The fourth-order valence-electron chi connectivity index (χ4n) is 6.91. The summed E-state index contributed by atoms with van der Waals surface area (Å²) in [5.74, 6) is 0.408. The van der Waals surface area contributed by atoms with E-state index < -0.39 is 0 Å². The Bertz CT molecular complexity index is 670. The fourth-order valence-corrected chi connectivity index (χ4v) is 6.91. The first-order valence-corrected chi connectivity index (χ1v) is 9.26. The van der Waals surface area contributed by atoms with Crippen molar-refractivity contribution < 1.29 is 5.11 Å². The van der Waals surface area contributed by atoms with Crippen LogP contribution >= 0.6 is 0 Å². The van der Waals surface area contributed by atoms with Crippen LogP contribution in [0.2, 0.25) is 0 Å². The lowest BCUT2D eigenvalue weighted by molar-refractivity contribution is -0.141. The van der Waals surface area contributed by atoms with E-state index in [1.807, 2.05) is 12.1 Å². The van der Waals surface area contributed by atoms with Gasteiger partial charge in [0.2, 0.25) is 0 Å². The average Bonchev–Trinajstić information content (AvgIpc) is 2.75. The second-order valence-electron chi connectivity index (χ2n) is 9.40. The number of fused-ring (bicyclic) bond motifs is 5. The molecule has 0 aromatic heterocycles. The number of hydrogen-bond acceptors (Lipinski definition) is 2. The first-order valence-electron chi connectivity index (χ1n) is 9.26. The summed E-state index contributed by atoms with van der Waals surface area (Å²) < 4.78 is 0. The molecule has 126 valence electrons. The minimum Gasteiger partial charge on any atom is -0.508 e. The van der Waals surface area contributed by atoms with Crippen LogP contribution in [0.25, 0.3) is 0 Å². The molecule has 0 unspecified atom stereocenters. The van der Waals surface area contributed by atoms with Crippen molar-refractivity contribution >= 4 is 0 Å². The number of phenolic OH excluding ortho intramolecular Hbond substituents is 1. The van der Waals surface area contributed by atoms with E-state index in [0.717, 1.165) is 6.42 Å². The van der Waals surface area contributed by atoms with Crippen molar-refractivity contribution in [3.8, 4) is 5.75 Å². The van der Waals surface area contributed by atoms with Crippen molar-refractivity contribution in [3.05, 3.63) is 29.3 Å². The first kappa shape index (κ1) is 15.5. The normalized spacial score (nSPS) is 48.5. The predicted molar refractivity (Wildman–Crippen MR) is 94.5 cm³/mol. The van der Waals surface area contributed by atoms with Crippen LogP contribution in [0.1, 0.15) is 70.9 Å². The van der Waals surface area contributed by atoms with Gasteiger partial charge in [0.25, 0.3) is 0 Å². The highest BCUT2D eigenvalue weighted by molar-refractivity contribution is 5.45. The second-order valence-corrected chi connectivity index (χ2v) is 9.40. The smallest absolute Gasteiger partial charge is 0.115 e. The molecule has 5 atom stereocenters. The van der Waals surface area contributed by atoms with Crippen LogP contribution in [0.15, 0.2) is 18.2 Å². The summed E-state index contributed by atoms with van der Waals surface area (Å²) in [6.45, 7) is 10.0. The maximum absolute atomic E-state index is 9.89. The molecule has 2 fully saturated rings. The summed E-state index contributed by atoms with van der Waals surface area (Å²) in [4.78, 5) is 0. The Hall–Kier alpha value is -1.02. The van der Waals surface area contributed by atoms with Crippen molar-refractivity contribution in [1.82, 2.24) is 0 Å². The molecule has 2 nitrogen and oxygen atoms in total. The van der Waals surface area contributed by atoms with Crippen molar-refractivity contribution in [3.63, 3.8) is 0 Å². The summed E-state index contributed by atoms with van der Waals surface area (Å²) in [6.07, 6.45) is 7.14. The molecule has 23 heavy (non-hydrogen) atoms. The van der Waals surface area contributed by atoms with Gasteiger partial charge >= 0.3 is 0 Å². The topological polar surface area (TPSA) is 46.2 Å². The van der Waals surface area contributed by atoms with Crippen LogP contribution in [0.3, 0.4) is 0 Å². The highest BCUT2D eigenvalue weighted by atomic mass is 16.3. The number of benzene rings is 1. The molecule has 3 aliphatic carbocycles. The van der Waals surface area contributed by atoms with Gasteiger partial charge in [-0.15, -0.1) is 0 Å². The van der Waals surface area contributed by atoms with E-state index in [1.165, 1.54) is 43.2 Å². The number of aryl methyl sites for hydroxylation is 1. The Kier molecular flexibility index (Phi) is 2.92. The molecule has 0 heterocycles. The van der Waals surface area contributed by atoms with Crippen molar-refractivity contribution in [2.24, 2.45) is 22.0 Å². The van der Waals surface area contributed by atoms with E-state index >= 15 is 0 Å². The van der Waals surface area contributed by atoms with Crippen LogP contribution in [0.5, 0.6) is 5.75 Å². The predicted octanol–water partition coefficient (Wildman–Crippen LogP) is 4.53. The van der Waals surface area contributed by atoms with E-state index in [4.69, 9.17) is 5.73 Å². The van der Waals surface area contributed by atoms with Gasteiger partial charge < -0.3 is 10.8 Å². The van der Waals surface area contributed by atoms with Gasteiger partial charge in [-0.3, -0.25) is 0 Å². The Morgan fingerprint density at radius 1 is 1.00 bits per heavy atom. The van der Waals surface area contributed by atoms with Crippen LogP contribution in [-0.4, -0.2) is 11.1 Å². The van der Waals surface area contributed by atoms with Crippen LogP contribution in [0.4, 0.5) is 0 Å². The lowest BCUT2D eigenvalue weighted by Gasteiger charge is -2.68. The molecular weight excluding hydrogens is 282 g/mol. The van der Waals surface area contributed by atoms with E-state index in [-0.39, 0.29) is 16.2 Å². The van der Waals surface area contributed by atoms with Gasteiger partial charge in [0.1, 0.15) is 5.75 Å². The third-order valence-corrected chi connectivity index (χ3v) is 9.19. The van der Waals surface area contributed by atoms with Gasteiger partial charge in [-0.2, -0.15) is 0 Å². The Morgan fingerprint density at radius 2 is 1.74 bits per heavy atom. The maximum Gasteiger partial charge on any atom is 0.115 e. The van der Waals surface area contributed by atoms with Crippen LogP contribution in [-0.2, 0) is 11.8 Å². The van der Waals surface area contributed by atoms with Gasteiger partial charge in [-0.1, -0.05) is 33.8 Å². The molecule has 3 N–H and O–H groups in total. The number of nitrogens with two attached hydrogens (primary N) is 1. The molecule has 0 radical (unpaired) electrons. The standard InChI is InChI=1S/C21H31NO/c1-18-11-12-19(2)17(22)8-10-21(19,4)20(18,3)9-7-14-13-15(23)5-6-16(14)18/h5-6,13,17,23H,7-12,22H2,1-4H3/t17-,18-,19-,20-,21-/m1/s1. The van der Waals surface area contributed by atoms with Gasteiger partial charge in [0.05, 0.1) is 0 Å². The number of hydrogen-bond donors (Lipinski definition) is 2. The molecule has 1 aromatic carbocycles. The molecule has 3 aliphatic rings. The van der Waals surface area contributed by atoms with E-state index in [0.29, 0.717) is 17.2 Å². The zero-order chi connectivity index (χ0) is 16.7. The highest BCUT2D eigenvalue weighted by Crippen LogP contribution is 2.74. The van der Waals surface area contributed by atoms with Gasteiger partial charge in [-0.05, 0) is 83.4 Å². The minimum atomic E-state index is 0.187. The summed E-state index contributed by atoms with van der Waals surface area (Å²) in [7, 11) is 0. The zero-order valence-corrected chi connectivity index (χ0v) is 15.1. The lowest BCUT2D eigenvalue weighted by atomic mass is 9.36. The molecule has 1 aromatic rings. The van der Waals surface area contributed by atoms with Crippen molar-refractivity contribution in [2.75, 3.05) is 0 Å². The average molecular weight is 313 g/mol. The molecule has 2 saturated carbocycles.